The Hall–Kier alpha value is -3.27. The lowest BCUT2D eigenvalue weighted by Crippen LogP contribution is -2.14. The highest BCUT2D eigenvalue weighted by Crippen LogP contribution is 2.23. The van der Waals surface area contributed by atoms with Crippen molar-refractivity contribution in [3.8, 4) is 5.75 Å². The number of benzene rings is 3. The van der Waals surface area contributed by atoms with Crippen LogP contribution in [-0.4, -0.2) is 12.4 Å². The van der Waals surface area contributed by atoms with Crippen molar-refractivity contribution in [1.29, 1.82) is 0 Å². The average Bonchev–Trinajstić information content (AvgIpc) is 2.71. The van der Waals surface area contributed by atoms with Gasteiger partial charge in [-0.25, -0.2) is 0 Å². The predicted molar refractivity (Wildman–Crippen MR) is 112 cm³/mol. The van der Waals surface area contributed by atoms with E-state index in [1.807, 2.05) is 66.7 Å². The van der Waals surface area contributed by atoms with Gasteiger partial charge in [0.1, 0.15) is 5.75 Å². The molecule has 0 aliphatic heterocycles. The van der Waals surface area contributed by atoms with Gasteiger partial charge in [-0.05, 0) is 47.4 Å². The first kappa shape index (κ1) is 19.5. The summed E-state index contributed by atoms with van der Waals surface area (Å²) in [6, 6.07) is 24.5. The minimum absolute atomic E-state index is 0.000254. The molecule has 0 saturated carbocycles. The van der Waals surface area contributed by atoms with Crippen molar-refractivity contribution < 1.29 is 9.53 Å². The minimum atomic E-state index is -0.0479. The first-order valence-electron chi connectivity index (χ1n) is 9.25. The summed E-state index contributed by atoms with van der Waals surface area (Å²) in [5.74, 6) is 0.576. The lowest BCUT2D eigenvalue weighted by atomic mass is 9.86. The number of hydrogen-bond donors (Lipinski definition) is 0. The van der Waals surface area contributed by atoms with Crippen molar-refractivity contribution in [3.05, 3.63) is 90.0 Å². The molecule has 4 heteroatoms. The molecule has 0 saturated heterocycles. The van der Waals surface area contributed by atoms with E-state index < -0.39 is 0 Å². The molecule has 0 fully saturated rings. The molecule has 4 nitrogen and oxygen atoms in total. The lowest BCUT2D eigenvalue weighted by molar-refractivity contribution is 0.0921. The Kier molecular flexibility index (Phi) is 5.99. The van der Waals surface area contributed by atoms with Gasteiger partial charge in [-0.2, -0.15) is 10.2 Å². The number of ether oxygens (including phenoxy) is 1. The first-order chi connectivity index (χ1) is 13.4. The van der Waals surface area contributed by atoms with Gasteiger partial charge < -0.3 is 4.74 Å². The Labute approximate surface area is 165 Å². The maximum Gasteiger partial charge on any atom is 0.200 e. The van der Waals surface area contributed by atoms with Crippen molar-refractivity contribution >= 4 is 17.2 Å². The monoisotopic (exact) mass is 372 g/mol. The second-order valence-corrected chi connectivity index (χ2v) is 7.57. The maximum atomic E-state index is 12.3. The van der Waals surface area contributed by atoms with Gasteiger partial charge in [0.2, 0.25) is 0 Å². The zero-order valence-electron chi connectivity index (χ0n) is 16.4. The van der Waals surface area contributed by atoms with E-state index in [9.17, 15) is 4.79 Å². The van der Waals surface area contributed by atoms with E-state index in [4.69, 9.17) is 4.74 Å². The Morgan fingerprint density at radius 3 is 1.93 bits per heavy atom. The molecule has 0 spiro atoms. The summed E-state index contributed by atoms with van der Waals surface area (Å²) in [4.78, 5) is 12.3. The summed E-state index contributed by atoms with van der Waals surface area (Å²) in [5, 5.41) is 8.37. The van der Waals surface area contributed by atoms with Gasteiger partial charge in [0.05, 0.1) is 11.4 Å². The molecule has 142 valence electrons. The van der Waals surface area contributed by atoms with E-state index in [1.54, 1.807) is 12.1 Å². The van der Waals surface area contributed by atoms with Gasteiger partial charge in [0.15, 0.2) is 12.4 Å². The zero-order valence-corrected chi connectivity index (χ0v) is 16.4. The fourth-order valence-electron chi connectivity index (χ4n) is 2.61. The van der Waals surface area contributed by atoms with Crippen LogP contribution in [0.1, 0.15) is 36.7 Å². The fraction of sp³-hybridized carbons (Fsp3) is 0.208. The van der Waals surface area contributed by atoms with E-state index in [-0.39, 0.29) is 17.8 Å². The molecule has 3 aromatic rings. The number of rotatable bonds is 6. The van der Waals surface area contributed by atoms with Crippen LogP contribution < -0.4 is 4.74 Å². The zero-order chi connectivity index (χ0) is 20.0. The molecule has 0 bridgehead atoms. The van der Waals surface area contributed by atoms with Crippen molar-refractivity contribution in [2.75, 3.05) is 6.61 Å². The van der Waals surface area contributed by atoms with Crippen LogP contribution >= 0.6 is 0 Å². The summed E-state index contributed by atoms with van der Waals surface area (Å²) in [5.41, 5.74) is 3.44. The number of Topliss-reactive ketones (excluding diaryl/α,β-unsaturated/α-hetero) is 1. The highest BCUT2D eigenvalue weighted by Gasteiger charge is 2.14. The summed E-state index contributed by atoms with van der Waals surface area (Å²) >= 11 is 0. The maximum absolute atomic E-state index is 12.3. The van der Waals surface area contributed by atoms with E-state index >= 15 is 0 Å². The lowest BCUT2D eigenvalue weighted by Gasteiger charge is -2.19. The summed E-state index contributed by atoms with van der Waals surface area (Å²) in [6.07, 6.45) is 0. The molecule has 0 aliphatic rings. The van der Waals surface area contributed by atoms with Gasteiger partial charge in [-0.1, -0.05) is 63.2 Å². The van der Waals surface area contributed by atoms with Crippen LogP contribution in [-0.2, 0) is 5.41 Å². The number of hydrogen-bond acceptors (Lipinski definition) is 4. The third-order valence-electron chi connectivity index (χ3n) is 4.32. The van der Waals surface area contributed by atoms with Crippen molar-refractivity contribution in [2.45, 2.75) is 26.2 Å². The van der Waals surface area contributed by atoms with Crippen LogP contribution in [0.25, 0.3) is 0 Å². The molecule has 0 N–H and O–H groups in total. The SMILES string of the molecule is CC(C)(C)c1ccc(C(=O)COc2ccc(N=Nc3ccccc3)cc2)cc1. The number of carbonyl (C=O) groups excluding carboxylic acids is 1. The number of azo groups is 1. The highest BCUT2D eigenvalue weighted by molar-refractivity contribution is 5.97. The Bertz CT molecular complexity index is 939. The molecular formula is C24H24N2O2. The molecule has 28 heavy (non-hydrogen) atoms. The van der Waals surface area contributed by atoms with Crippen LogP contribution in [0, 0.1) is 0 Å². The molecule has 0 unspecified atom stereocenters. The minimum Gasteiger partial charge on any atom is -0.485 e. The molecule has 0 heterocycles. The van der Waals surface area contributed by atoms with E-state index in [1.165, 1.54) is 5.56 Å². The van der Waals surface area contributed by atoms with Gasteiger partial charge >= 0.3 is 0 Å². The fourth-order valence-corrected chi connectivity index (χ4v) is 2.61. The summed E-state index contributed by atoms with van der Waals surface area (Å²) in [6.45, 7) is 6.45. The quantitative estimate of drug-likeness (QED) is 0.359. The van der Waals surface area contributed by atoms with Crippen molar-refractivity contribution in [3.63, 3.8) is 0 Å². The molecule has 0 radical (unpaired) electrons. The highest BCUT2D eigenvalue weighted by atomic mass is 16.5. The van der Waals surface area contributed by atoms with Crippen molar-refractivity contribution in [1.82, 2.24) is 0 Å². The van der Waals surface area contributed by atoms with Crippen molar-refractivity contribution in [2.24, 2.45) is 10.2 Å². The third kappa shape index (κ3) is 5.36. The first-order valence-corrected chi connectivity index (χ1v) is 9.25. The number of nitrogens with zero attached hydrogens (tertiary/aromatic N) is 2. The largest absolute Gasteiger partial charge is 0.485 e. The molecule has 0 aromatic heterocycles. The second-order valence-electron chi connectivity index (χ2n) is 7.57. The van der Waals surface area contributed by atoms with E-state index in [0.29, 0.717) is 11.3 Å². The van der Waals surface area contributed by atoms with Crippen LogP contribution in [0.3, 0.4) is 0 Å². The molecule has 0 aliphatic carbocycles. The van der Waals surface area contributed by atoms with Crippen LogP contribution in [0.2, 0.25) is 0 Å². The standard InChI is InChI=1S/C24H24N2O2/c1-24(2,3)19-11-9-18(10-12-19)23(27)17-28-22-15-13-21(14-16-22)26-25-20-7-5-4-6-8-20/h4-16H,17H2,1-3H3. The third-order valence-corrected chi connectivity index (χ3v) is 4.32. The molecule has 0 atom stereocenters. The Balaban J connectivity index is 1.56. The predicted octanol–water partition coefficient (Wildman–Crippen LogP) is 6.66. The molecule has 3 aromatic carbocycles. The van der Waals surface area contributed by atoms with Gasteiger partial charge in [-0.15, -0.1) is 0 Å². The van der Waals surface area contributed by atoms with Gasteiger partial charge in [-0.3, -0.25) is 4.79 Å². The number of ketones is 1. The average molecular weight is 372 g/mol. The Morgan fingerprint density at radius 1 is 0.786 bits per heavy atom. The van der Waals surface area contributed by atoms with Gasteiger partial charge in [0.25, 0.3) is 0 Å². The molecule has 3 rings (SSSR count). The second kappa shape index (κ2) is 8.61. The van der Waals surface area contributed by atoms with Crippen LogP contribution in [0.5, 0.6) is 5.75 Å². The summed E-state index contributed by atoms with van der Waals surface area (Å²) < 4.78 is 5.62. The molecular weight excluding hydrogens is 348 g/mol. The topological polar surface area (TPSA) is 51.0 Å². The Morgan fingerprint density at radius 2 is 1.36 bits per heavy atom. The van der Waals surface area contributed by atoms with Crippen LogP contribution in [0.4, 0.5) is 11.4 Å². The van der Waals surface area contributed by atoms with Crippen LogP contribution in [0.15, 0.2) is 89.1 Å². The smallest absolute Gasteiger partial charge is 0.200 e. The number of carbonyl (C=O) groups is 1. The molecule has 0 amide bonds. The van der Waals surface area contributed by atoms with E-state index in [0.717, 1.165) is 11.4 Å². The normalized spacial score (nSPS) is 11.5. The summed E-state index contributed by atoms with van der Waals surface area (Å²) in [7, 11) is 0. The van der Waals surface area contributed by atoms with Gasteiger partial charge in [0, 0.05) is 5.56 Å². The van der Waals surface area contributed by atoms with E-state index in [2.05, 4.69) is 31.0 Å².